The average Bonchev–Trinajstić information content (AvgIpc) is 3.67. The van der Waals surface area contributed by atoms with Gasteiger partial charge in [-0.25, -0.2) is 0 Å². The lowest BCUT2D eigenvalue weighted by Gasteiger charge is -2.35. The van der Waals surface area contributed by atoms with Crippen molar-refractivity contribution in [3.05, 3.63) is 0 Å². The predicted molar refractivity (Wildman–Crippen MR) is 116 cm³/mol. The van der Waals surface area contributed by atoms with Crippen LogP contribution in [0.2, 0.25) is 0 Å². The van der Waals surface area contributed by atoms with Gasteiger partial charge in [0.2, 0.25) is 23.6 Å². The lowest BCUT2D eigenvalue weighted by Crippen LogP contribution is -2.51. The molecule has 0 aromatic rings. The molecular weight excluding hydrogens is 440 g/mol. The van der Waals surface area contributed by atoms with Crippen LogP contribution in [0.15, 0.2) is 0 Å². The van der Waals surface area contributed by atoms with Crippen molar-refractivity contribution in [3.8, 4) is 0 Å². The van der Waals surface area contributed by atoms with Gasteiger partial charge in [0.05, 0.1) is 48.1 Å². The SMILES string of the molecule is O=C1[C@@H]2[C@H](C(=O)N1CCN1CCN(CCN3C(=O)[C@@H]4[C@H](C3=O)[C@H]3CC[C@H]4O3)CC1)[C@H]1CC[C@H]2O1. The third kappa shape index (κ3) is 3.01. The number of carbonyl (C=O) groups excluding carboxylic acids is 4. The quantitative estimate of drug-likeness (QED) is 0.451. The minimum Gasteiger partial charge on any atom is -0.373 e. The summed E-state index contributed by atoms with van der Waals surface area (Å²) in [5.41, 5.74) is 0. The third-order valence-electron chi connectivity index (χ3n) is 9.50. The van der Waals surface area contributed by atoms with E-state index in [1.807, 2.05) is 0 Å². The van der Waals surface area contributed by atoms with Gasteiger partial charge < -0.3 is 9.47 Å². The molecule has 0 N–H and O–H groups in total. The number of piperazine rings is 1. The van der Waals surface area contributed by atoms with Gasteiger partial charge in [-0.1, -0.05) is 0 Å². The van der Waals surface area contributed by atoms with Crippen molar-refractivity contribution < 1.29 is 28.7 Å². The van der Waals surface area contributed by atoms with Crippen LogP contribution in [0.4, 0.5) is 0 Å². The number of hydrogen-bond donors (Lipinski definition) is 0. The maximum Gasteiger partial charge on any atom is 0.235 e. The first-order valence-electron chi connectivity index (χ1n) is 13.0. The Morgan fingerprint density at radius 1 is 0.500 bits per heavy atom. The van der Waals surface area contributed by atoms with E-state index >= 15 is 0 Å². The molecule has 0 aromatic carbocycles. The van der Waals surface area contributed by atoms with E-state index in [9.17, 15) is 19.2 Å². The zero-order valence-corrected chi connectivity index (χ0v) is 19.3. The summed E-state index contributed by atoms with van der Waals surface area (Å²) in [5.74, 6) is -1.15. The van der Waals surface area contributed by atoms with Crippen LogP contribution in [-0.4, -0.2) is 120 Å². The molecule has 0 aliphatic carbocycles. The molecule has 0 unspecified atom stereocenters. The van der Waals surface area contributed by atoms with Crippen molar-refractivity contribution in [1.29, 1.82) is 0 Å². The van der Waals surface area contributed by atoms with Crippen LogP contribution in [0, 0.1) is 23.7 Å². The fourth-order valence-electron chi connectivity index (χ4n) is 7.71. The van der Waals surface area contributed by atoms with Crippen molar-refractivity contribution in [3.63, 3.8) is 0 Å². The number of amides is 4. The highest BCUT2D eigenvalue weighted by molar-refractivity contribution is 6.07. The molecule has 10 heteroatoms. The Balaban J connectivity index is 0.876. The highest BCUT2D eigenvalue weighted by Gasteiger charge is 2.63. The number of imide groups is 2. The van der Waals surface area contributed by atoms with Crippen LogP contribution in [0.3, 0.4) is 0 Å². The van der Waals surface area contributed by atoms with Gasteiger partial charge in [-0.15, -0.1) is 0 Å². The average molecular weight is 473 g/mol. The molecule has 7 saturated heterocycles. The fourth-order valence-corrected chi connectivity index (χ4v) is 7.71. The number of fused-ring (bicyclic) bond motifs is 10. The Hall–Kier alpha value is -1.88. The first kappa shape index (κ1) is 21.4. The maximum absolute atomic E-state index is 12.8. The van der Waals surface area contributed by atoms with Gasteiger partial charge in [-0.2, -0.15) is 0 Å². The summed E-state index contributed by atoms with van der Waals surface area (Å²) in [4.78, 5) is 58.8. The van der Waals surface area contributed by atoms with Crippen molar-refractivity contribution in [2.24, 2.45) is 23.7 Å². The molecule has 7 aliphatic heterocycles. The number of rotatable bonds is 6. The van der Waals surface area contributed by atoms with Crippen LogP contribution < -0.4 is 0 Å². The maximum atomic E-state index is 12.8. The standard InChI is InChI=1S/C24H32N4O6/c29-21-17-13-1-2-14(33-13)18(17)22(30)27(21)11-9-25-5-7-26(8-6-25)10-12-28-23(31)19-15-3-4-16(34-15)20(19)24(28)32/h13-20H,1-12H2/t13-,14-,15-,16-,17-,18+,19-,20+/m1/s1. The van der Waals surface area contributed by atoms with E-state index in [0.29, 0.717) is 26.2 Å². The van der Waals surface area contributed by atoms with Crippen molar-refractivity contribution in [2.75, 3.05) is 52.4 Å². The summed E-state index contributed by atoms with van der Waals surface area (Å²) < 4.78 is 11.6. The largest absolute Gasteiger partial charge is 0.373 e. The van der Waals surface area contributed by atoms with Gasteiger partial charge in [-0.3, -0.25) is 38.8 Å². The van der Waals surface area contributed by atoms with E-state index < -0.39 is 0 Å². The Labute approximate surface area is 198 Å². The molecule has 0 saturated carbocycles. The van der Waals surface area contributed by atoms with Crippen molar-refractivity contribution >= 4 is 23.6 Å². The molecule has 4 bridgehead atoms. The van der Waals surface area contributed by atoms with E-state index in [4.69, 9.17) is 9.47 Å². The zero-order valence-electron chi connectivity index (χ0n) is 19.3. The van der Waals surface area contributed by atoms with Crippen molar-refractivity contribution in [2.45, 2.75) is 50.1 Å². The van der Waals surface area contributed by atoms with E-state index in [0.717, 1.165) is 51.9 Å². The summed E-state index contributed by atoms with van der Waals surface area (Å²) >= 11 is 0. The molecule has 184 valence electrons. The minimum atomic E-state index is -0.250. The zero-order chi connectivity index (χ0) is 23.1. The van der Waals surface area contributed by atoms with E-state index in [2.05, 4.69) is 9.80 Å². The molecule has 7 fully saturated rings. The summed E-state index contributed by atoms with van der Waals surface area (Å²) in [6, 6.07) is 0. The van der Waals surface area contributed by atoms with Crippen LogP contribution >= 0.6 is 0 Å². The number of likely N-dealkylation sites (tertiary alicyclic amines) is 2. The van der Waals surface area contributed by atoms with Crippen LogP contribution in [0.5, 0.6) is 0 Å². The van der Waals surface area contributed by atoms with E-state index in [1.54, 1.807) is 0 Å². The predicted octanol–water partition coefficient (Wildman–Crippen LogP) is -1.07. The van der Waals surface area contributed by atoms with Gasteiger partial charge in [0, 0.05) is 52.4 Å². The molecule has 4 amide bonds. The molecule has 10 nitrogen and oxygen atoms in total. The molecule has 7 rings (SSSR count). The first-order valence-corrected chi connectivity index (χ1v) is 13.0. The molecule has 7 aliphatic rings. The van der Waals surface area contributed by atoms with Gasteiger partial charge >= 0.3 is 0 Å². The topological polar surface area (TPSA) is 99.7 Å². The minimum absolute atomic E-state index is 0.0376. The Bertz CT molecular complexity index is 804. The first-order chi connectivity index (χ1) is 16.5. The summed E-state index contributed by atoms with van der Waals surface area (Å²) in [5, 5.41) is 0. The van der Waals surface area contributed by atoms with Gasteiger partial charge in [0.15, 0.2) is 0 Å². The van der Waals surface area contributed by atoms with Crippen molar-refractivity contribution in [1.82, 2.24) is 19.6 Å². The number of hydrogen-bond acceptors (Lipinski definition) is 8. The normalized spacial score (nSPS) is 43.6. The Morgan fingerprint density at radius 2 is 0.794 bits per heavy atom. The van der Waals surface area contributed by atoms with Gasteiger partial charge in [0.25, 0.3) is 0 Å². The van der Waals surface area contributed by atoms with E-state index in [1.165, 1.54) is 9.80 Å². The third-order valence-corrected chi connectivity index (χ3v) is 9.50. The van der Waals surface area contributed by atoms with Gasteiger partial charge in [0.1, 0.15) is 0 Å². The summed E-state index contributed by atoms with van der Waals surface area (Å²) in [6.07, 6.45) is 3.34. The second kappa shape index (κ2) is 7.81. The number of carbonyl (C=O) groups is 4. The molecule has 0 aromatic heterocycles. The lowest BCUT2D eigenvalue weighted by molar-refractivity contribution is -0.144. The molecule has 8 atom stereocenters. The second-order valence-electron chi connectivity index (χ2n) is 11.0. The highest BCUT2D eigenvalue weighted by atomic mass is 16.5. The highest BCUT2D eigenvalue weighted by Crippen LogP contribution is 2.49. The molecule has 0 radical (unpaired) electrons. The summed E-state index contributed by atoms with van der Waals surface area (Å²) in [6.45, 7) is 5.69. The van der Waals surface area contributed by atoms with Crippen LogP contribution in [0.25, 0.3) is 0 Å². The Kier molecular flexibility index (Phi) is 4.92. The Morgan fingerprint density at radius 3 is 1.09 bits per heavy atom. The summed E-state index contributed by atoms with van der Waals surface area (Å²) in [7, 11) is 0. The van der Waals surface area contributed by atoms with Crippen LogP contribution in [-0.2, 0) is 28.7 Å². The lowest BCUT2D eigenvalue weighted by atomic mass is 9.81. The molecular formula is C24H32N4O6. The molecule has 34 heavy (non-hydrogen) atoms. The smallest absolute Gasteiger partial charge is 0.235 e. The molecule has 7 heterocycles. The molecule has 0 spiro atoms. The number of ether oxygens (including phenoxy) is 2. The monoisotopic (exact) mass is 472 g/mol. The van der Waals surface area contributed by atoms with E-state index in [-0.39, 0.29) is 71.7 Å². The second-order valence-corrected chi connectivity index (χ2v) is 11.0. The van der Waals surface area contributed by atoms with Gasteiger partial charge in [-0.05, 0) is 25.7 Å². The van der Waals surface area contributed by atoms with Crippen LogP contribution in [0.1, 0.15) is 25.7 Å². The fraction of sp³-hybridized carbons (Fsp3) is 0.833. The number of nitrogens with zero attached hydrogens (tertiary/aromatic N) is 4.